The van der Waals surface area contributed by atoms with E-state index in [1.54, 1.807) is 10.9 Å². The van der Waals surface area contributed by atoms with E-state index in [0.717, 1.165) is 22.7 Å². The normalized spacial score (nSPS) is 10.7. The number of furan rings is 1. The highest BCUT2D eigenvalue weighted by molar-refractivity contribution is 5.61. The maximum absolute atomic E-state index is 5.99. The second kappa shape index (κ2) is 4.07. The number of hydrogen-bond acceptors (Lipinski definition) is 3. The van der Waals surface area contributed by atoms with Crippen molar-refractivity contribution < 1.29 is 4.42 Å². The molecule has 0 radical (unpaired) electrons. The highest BCUT2D eigenvalue weighted by Crippen LogP contribution is 2.26. The Morgan fingerprint density at radius 3 is 2.61 bits per heavy atom. The highest BCUT2D eigenvalue weighted by Gasteiger charge is 2.12. The van der Waals surface area contributed by atoms with Crippen LogP contribution in [-0.2, 0) is 0 Å². The fraction of sp³-hybridized carbons (Fsp3) is 0.0714. The SMILES string of the molecule is Cc1ccoc1-c1cc(N)n(-c2ccccc2)n1. The van der Waals surface area contributed by atoms with Gasteiger partial charge in [-0.05, 0) is 30.7 Å². The summed E-state index contributed by atoms with van der Waals surface area (Å²) >= 11 is 0. The van der Waals surface area contributed by atoms with Gasteiger partial charge in [0.2, 0.25) is 0 Å². The van der Waals surface area contributed by atoms with Crippen LogP contribution in [0.25, 0.3) is 17.1 Å². The summed E-state index contributed by atoms with van der Waals surface area (Å²) in [6, 6.07) is 13.5. The second-order valence-electron chi connectivity index (χ2n) is 4.13. The van der Waals surface area contributed by atoms with Gasteiger partial charge in [0.25, 0.3) is 0 Å². The van der Waals surface area contributed by atoms with Gasteiger partial charge < -0.3 is 10.2 Å². The van der Waals surface area contributed by atoms with Gasteiger partial charge in [0, 0.05) is 6.07 Å². The number of benzene rings is 1. The molecule has 0 amide bonds. The van der Waals surface area contributed by atoms with Crippen molar-refractivity contribution in [3.8, 4) is 17.1 Å². The summed E-state index contributed by atoms with van der Waals surface area (Å²) in [5.74, 6) is 1.35. The average molecular weight is 239 g/mol. The lowest BCUT2D eigenvalue weighted by Gasteiger charge is -2.02. The van der Waals surface area contributed by atoms with Gasteiger partial charge in [-0.25, -0.2) is 4.68 Å². The monoisotopic (exact) mass is 239 g/mol. The molecule has 0 saturated carbocycles. The lowest BCUT2D eigenvalue weighted by atomic mass is 10.2. The number of rotatable bonds is 2. The molecule has 2 N–H and O–H groups in total. The Morgan fingerprint density at radius 1 is 1.17 bits per heavy atom. The first-order valence-corrected chi connectivity index (χ1v) is 5.71. The van der Waals surface area contributed by atoms with E-state index in [2.05, 4.69) is 5.10 Å². The van der Waals surface area contributed by atoms with Crippen LogP contribution in [0.5, 0.6) is 0 Å². The van der Waals surface area contributed by atoms with E-state index < -0.39 is 0 Å². The Labute approximate surface area is 105 Å². The van der Waals surface area contributed by atoms with Crippen molar-refractivity contribution >= 4 is 5.82 Å². The van der Waals surface area contributed by atoms with Gasteiger partial charge in [-0.2, -0.15) is 5.10 Å². The molecule has 1 aromatic carbocycles. The number of nitrogens with zero attached hydrogens (tertiary/aromatic N) is 2. The first-order valence-electron chi connectivity index (χ1n) is 5.71. The molecule has 18 heavy (non-hydrogen) atoms. The summed E-state index contributed by atoms with van der Waals surface area (Å²) in [5.41, 5.74) is 8.72. The van der Waals surface area contributed by atoms with Crippen LogP contribution in [0.4, 0.5) is 5.82 Å². The maximum Gasteiger partial charge on any atom is 0.157 e. The summed E-state index contributed by atoms with van der Waals surface area (Å²) in [4.78, 5) is 0. The van der Waals surface area contributed by atoms with Crippen molar-refractivity contribution in [2.45, 2.75) is 6.92 Å². The van der Waals surface area contributed by atoms with E-state index in [-0.39, 0.29) is 0 Å². The third-order valence-corrected chi connectivity index (χ3v) is 2.83. The molecule has 0 unspecified atom stereocenters. The third-order valence-electron chi connectivity index (χ3n) is 2.83. The largest absolute Gasteiger partial charge is 0.462 e. The van der Waals surface area contributed by atoms with Gasteiger partial charge in [-0.15, -0.1) is 0 Å². The van der Waals surface area contributed by atoms with Crippen LogP contribution in [-0.4, -0.2) is 9.78 Å². The zero-order valence-corrected chi connectivity index (χ0v) is 10.00. The zero-order chi connectivity index (χ0) is 12.5. The maximum atomic E-state index is 5.99. The molecular weight excluding hydrogens is 226 g/mol. The smallest absolute Gasteiger partial charge is 0.157 e. The van der Waals surface area contributed by atoms with E-state index in [9.17, 15) is 0 Å². The molecule has 0 aliphatic rings. The van der Waals surface area contributed by atoms with E-state index in [4.69, 9.17) is 10.2 Å². The van der Waals surface area contributed by atoms with Crippen molar-refractivity contribution in [3.05, 3.63) is 54.3 Å². The van der Waals surface area contributed by atoms with Crippen molar-refractivity contribution in [3.63, 3.8) is 0 Å². The Balaban J connectivity index is 2.10. The van der Waals surface area contributed by atoms with Crippen LogP contribution < -0.4 is 5.73 Å². The first kappa shape index (κ1) is 10.7. The molecule has 2 heterocycles. The summed E-state index contributed by atoms with van der Waals surface area (Å²) in [5, 5.41) is 4.48. The molecule has 0 saturated heterocycles. The number of aromatic nitrogens is 2. The highest BCUT2D eigenvalue weighted by atomic mass is 16.3. The van der Waals surface area contributed by atoms with Crippen LogP contribution in [0, 0.1) is 6.92 Å². The fourth-order valence-electron chi connectivity index (χ4n) is 1.92. The van der Waals surface area contributed by atoms with E-state index >= 15 is 0 Å². The number of aryl methyl sites for hydroxylation is 1. The van der Waals surface area contributed by atoms with E-state index in [1.165, 1.54) is 0 Å². The standard InChI is InChI=1S/C14H13N3O/c1-10-7-8-18-14(10)12-9-13(15)17(16-12)11-5-3-2-4-6-11/h2-9H,15H2,1H3. The van der Waals surface area contributed by atoms with Crippen molar-refractivity contribution in [2.75, 3.05) is 5.73 Å². The van der Waals surface area contributed by atoms with Crippen LogP contribution in [0.3, 0.4) is 0 Å². The molecule has 0 atom stereocenters. The van der Waals surface area contributed by atoms with Crippen molar-refractivity contribution in [2.24, 2.45) is 0 Å². The first-order chi connectivity index (χ1) is 8.75. The van der Waals surface area contributed by atoms with Gasteiger partial charge in [0.15, 0.2) is 5.76 Å². The quantitative estimate of drug-likeness (QED) is 0.747. The summed E-state index contributed by atoms with van der Waals surface area (Å²) < 4.78 is 7.13. The molecule has 0 fully saturated rings. The molecule has 0 aliphatic heterocycles. The summed E-state index contributed by atoms with van der Waals surface area (Å²) in [6.45, 7) is 1.98. The van der Waals surface area contributed by atoms with Gasteiger partial charge in [0.1, 0.15) is 11.5 Å². The molecule has 0 aliphatic carbocycles. The number of para-hydroxylation sites is 1. The van der Waals surface area contributed by atoms with Gasteiger partial charge in [-0.1, -0.05) is 18.2 Å². The minimum atomic E-state index is 0.590. The summed E-state index contributed by atoms with van der Waals surface area (Å²) in [7, 11) is 0. The topological polar surface area (TPSA) is 57.0 Å². The molecule has 3 rings (SSSR count). The minimum absolute atomic E-state index is 0.590. The number of nitrogens with two attached hydrogens (primary N) is 1. The Kier molecular flexibility index (Phi) is 2.41. The lowest BCUT2D eigenvalue weighted by Crippen LogP contribution is -2.01. The van der Waals surface area contributed by atoms with Crippen LogP contribution in [0.1, 0.15) is 5.56 Å². The molecule has 3 aromatic rings. The fourth-order valence-corrected chi connectivity index (χ4v) is 1.92. The average Bonchev–Trinajstić information content (AvgIpc) is 2.96. The van der Waals surface area contributed by atoms with Crippen LogP contribution in [0.15, 0.2) is 53.1 Å². The second-order valence-corrected chi connectivity index (χ2v) is 4.13. The Bertz CT molecular complexity index is 667. The molecule has 90 valence electrons. The zero-order valence-electron chi connectivity index (χ0n) is 10.00. The van der Waals surface area contributed by atoms with Crippen LogP contribution in [0.2, 0.25) is 0 Å². The number of anilines is 1. The minimum Gasteiger partial charge on any atom is -0.462 e. The van der Waals surface area contributed by atoms with E-state index in [1.807, 2.05) is 49.4 Å². The van der Waals surface area contributed by atoms with Gasteiger partial charge >= 0.3 is 0 Å². The molecule has 0 bridgehead atoms. The summed E-state index contributed by atoms with van der Waals surface area (Å²) in [6.07, 6.45) is 1.66. The molecular formula is C14H13N3O. The van der Waals surface area contributed by atoms with E-state index in [0.29, 0.717) is 5.82 Å². The van der Waals surface area contributed by atoms with Crippen LogP contribution >= 0.6 is 0 Å². The Hall–Kier alpha value is -2.49. The molecule has 0 spiro atoms. The van der Waals surface area contributed by atoms with Gasteiger partial charge in [0.05, 0.1) is 12.0 Å². The lowest BCUT2D eigenvalue weighted by molar-refractivity contribution is 0.577. The molecule has 4 nitrogen and oxygen atoms in total. The number of hydrogen-bond donors (Lipinski definition) is 1. The Morgan fingerprint density at radius 2 is 1.94 bits per heavy atom. The predicted octanol–water partition coefficient (Wildman–Crippen LogP) is 3.02. The number of nitrogen functional groups attached to an aromatic ring is 1. The molecule has 2 aromatic heterocycles. The predicted molar refractivity (Wildman–Crippen MR) is 70.4 cm³/mol. The van der Waals surface area contributed by atoms with Crippen molar-refractivity contribution in [1.29, 1.82) is 0 Å². The third kappa shape index (κ3) is 1.68. The molecule has 4 heteroatoms. The van der Waals surface area contributed by atoms with Gasteiger partial charge in [-0.3, -0.25) is 0 Å². The van der Waals surface area contributed by atoms with Crippen molar-refractivity contribution in [1.82, 2.24) is 9.78 Å².